The second kappa shape index (κ2) is 10.6. The van der Waals surface area contributed by atoms with E-state index in [4.69, 9.17) is 0 Å². The van der Waals surface area contributed by atoms with Crippen LogP contribution in [0.3, 0.4) is 0 Å². The van der Waals surface area contributed by atoms with Crippen LogP contribution in [-0.4, -0.2) is 80.7 Å². The molecule has 0 amide bonds. The predicted octanol–water partition coefficient (Wildman–Crippen LogP) is 1.19. The van der Waals surface area contributed by atoms with Crippen LogP contribution in [0.2, 0.25) is 0 Å². The van der Waals surface area contributed by atoms with Crippen molar-refractivity contribution >= 4 is 17.3 Å². The maximum Gasteiger partial charge on any atom is 0.190 e. The van der Waals surface area contributed by atoms with E-state index in [2.05, 4.69) is 44.4 Å². The lowest BCUT2D eigenvalue weighted by Crippen LogP contribution is -2.39. The molecule has 1 fully saturated rings. The standard InChI is InChI=1S/C17H32N6S/c1-15-14-21-16(24-15)6-8-20-17(18-2)19-7-4-10-23-11-5-9-22(3)12-13-23/h14H,4-13H2,1-3H3,(H2,18,19,20). The quantitative estimate of drug-likeness (QED) is 0.439. The van der Waals surface area contributed by atoms with Gasteiger partial charge in [-0.15, -0.1) is 11.3 Å². The van der Waals surface area contributed by atoms with E-state index in [-0.39, 0.29) is 0 Å². The molecule has 1 aromatic rings. The van der Waals surface area contributed by atoms with Crippen LogP contribution >= 0.6 is 11.3 Å². The van der Waals surface area contributed by atoms with Gasteiger partial charge in [-0.2, -0.15) is 0 Å². The molecule has 0 unspecified atom stereocenters. The van der Waals surface area contributed by atoms with E-state index in [1.54, 1.807) is 11.3 Å². The number of hydrogen-bond donors (Lipinski definition) is 2. The molecular formula is C17H32N6S. The molecule has 1 aliphatic heterocycles. The minimum absolute atomic E-state index is 0.866. The molecule has 24 heavy (non-hydrogen) atoms. The van der Waals surface area contributed by atoms with Crippen LogP contribution in [0.4, 0.5) is 0 Å². The second-order valence-corrected chi connectivity index (χ2v) is 7.71. The second-order valence-electron chi connectivity index (χ2n) is 6.39. The molecule has 0 atom stereocenters. The SMILES string of the molecule is CN=C(NCCCN1CCCN(C)CC1)NCCc1ncc(C)s1. The van der Waals surface area contributed by atoms with Gasteiger partial charge >= 0.3 is 0 Å². The van der Waals surface area contributed by atoms with Gasteiger partial charge in [0.2, 0.25) is 0 Å². The third kappa shape index (κ3) is 7.15. The van der Waals surface area contributed by atoms with E-state index in [1.807, 2.05) is 13.2 Å². The van der Waals surface area contributed by atoms with E-state index in [9.17, 15) is 0 Å². The Morgan fingerprint density at radius 3 is 2.83 bits per heavy atom. The van der Waals surface area contributed by atoms with Gasteiger partial charge < -0.3 is 20.4 Å². The van der Waals surface area contributed by atoms with Crippen LogP contribution in [-0.2, 0) is 6.42 Å². The lowest BCUT2D eigenvalue weighted by Gasteiger charge is -2.20. The first-order chi connectivity index (χ1) is 11.7. The van der Waals surface area contributed by atoms with Crippen molar-refractivity contribution in [3.63, 3.8) is 0 Å². The maximum atomic E-state index is 4.39. The minimum atomic E-state index is 0.866. The van der Waals surface area contributed by atoms with Crippen LogP contribution < -0.4 is 10.6 Å². The number of likely N-dealkylation sites (N-methyl/N-ethyl adjacent to an activating group) is 1. The molecule has 6 nitrogen and oxygen atoms in total. The summed E-state index contributed by atoms with van der Waals surface area (Å²) in [5, 5.41) is 7.96. The normalized spacial score (nSPS) is 17.7. The fourth-order valence-electron chi connectivity index (χ4n) is 2.86. The van der Waals surface area contributed by atoms with Gasteiger partial charge in [0, 0.05) is 50.7 Å². The summed E-state index contributed by atoms with van der Waals surface area (Å²) >= 11 is 1.77. The van der Waals surface area contributed by atoms with Crippen molar-refractivity contribution in [2.24, 2.45) is 4.99 Å². The predicted molar refractivity (Wildman–Crippen MR) is 103 cm³/mol. The third-order valence-electron chi connectivity index (χ3n) is 4.28. The highest BCUT2D eigenvalue weighted by molar-refractivity contribution is 7.11. The van der Waals surface area contributed by atoms with Crippen LogP contribution in [0, 0.1) is 6.92 Å². The van der Waals surface area contributed by atoms with Gasteiger partial charge in [-0.3, -0.25) is 4.99 Å². The lowest BCUT2D eigenvalue weighted by molar-refractivity contribution is 0.274. The Labute approximate surface area is 150 Å². The molecule has 0 bridgehead atoms. The Morgan fingerprint density at radius 1 is 1.25 bits per heavy atom. The third-order valence-corrected chi connectivity index (χ3v) is 5.25. The molecule has 0 aliphatic carbocycles. The zero-order valence-corrected chi connectivity index (χ0v) is 16.2. The van der Waals surface area contributed by atoms with Crippen molar-refractivity contribution in [1.82, 2.24) is 25.4 Å². The highest BCUT2D eigenvalue weighted by Crippen LogP contribution is 2.10. The number of aryl methyl sites for hydroxylation is 1. The van der Waals surface area contributed by atoms with Gasteiger partial charge in [0.1, 0.15) is 0 Å². The van der Waals surface area contributed by atoms with Gasteiger partial charge in [-0.25, -0.2) is 4.98 Å². The number of rotatable bonds is 7. The number of aliphatic imine (C=N–C) groups is 1. The molecule has 2 N–H and O–H groups in total. The topological polar surface area (TPSA) is 55.8 Å². The first kappa shape index (κ1) is 19.1. The Morgan fingerprint density at radius 2 is 2.08 bits per heavy atom. The maximum absolute atomic E-state index is 4.39. The molecule has 1 aliphatic rings. The van der Waals surface area contributed by atoms with Gasteiger partial charge in [-0.1, -0.05) is 0 Å². The smallest absolute Gasteiger partial charge is 0.190 e. The van der Waals surface area contributed by atoms with E-state index >= 15 is 0 Å². The summed E-state index contributed by atoms with van der Waals surface area (Å²) in [7, 11) is 4.04. The highest BCUT2D eigenvalue weighted by Gasteiger charge is 2.11. The summed E-state index contributed by atoms with van der Waals surface area (Å²) in [6, 6.07) is 0. The number of aromatic nitrogens is 1. The first-order valence-corrected chi connectivity index (χ1v) is 9.76. The summed E-state index contributed by atoms with van der Waals surface area (Å²) in [5.74, 6) is 0.888. The number of guanidine groups is 1. The molecule has 0 spiro atoms. The number of thiazole rings is 1. The Balaban J connectivity index is 1.56. The van der Waals surface area contributed by atoms with Crippen LogP contribution in [0.15, 0.2) is 11.2 Å². The summed E-state index contributed by atoms with van der Waals surface area (Å²) < 4.78 is 0. The van der Waals surface area contributed by atoms with Crippen molar-refractivity contribution in [3.05, 3.63) is 16.1 Å². The summed E-state index contributed by atoms with van der Waals surface area (Å²) in [4.78, 5) is 14.9. The van der Waals surface area contributed by atoms with E-state index < -0.39 is 0 Å². The fraction of sp³-hybridized carbons (Fsp3) is 0.765. The molecular weight excluding hydrogens is 320 g/mol. The Bertz CT molecular complexity index is 501. The van der Waals surface area contributed by atoms with Crippen molar-refractivity contribution in [2.75, 3.05) is 59.9 Å². The molecule has 2 heterocycles. The zero-order chi connectivity index (χ0) is 17.2. The van der Waals surface area contributed by atoms with Crippen LogP contribution in [0.1, 0.15) is 22.7 Å². The molecule has 1 saturated heterocycles. The fourth-order valence-corrected chi connectivity index (χ4v) is 3.65. The largest absolute Gasteiger partial charge is 0.356 e. The number of nitrogens with zero attached hydrogens (tertiary/aromatic N) is 4. The van der Waals surface area contributed by atoms with Crippen molar-refractivity contribution in [3.8, 4) is 0 Å². The van der Waals surface area contributed by atoms with Gasteiger partial charge in [0.05, 0.1) is 5.01 Å². The minimum Gasteiger partial charge on any atom is -0.356 e. The molecule has 1 aromatic heterocycles. The Kier molecular flexibility index (Phi) is 8.49. The average Bonchev–Trinajstić information content (AvgIpc) is 2.87. The first-order valence-electron chi connectivity index (χ1n) is 8.94. The summed E-state index contributed by atoms with van der Waals surface area (Å²) in [6.45, 7) is 9.92. The number of hydrogen-bond acceptors (Lipinski definition) is 5. The monoisotopic (exact) mass is 352 g/mol. The summed E-state index contributed by atoms with van der Waals surface area (Å²) in [6.07, 6.45) is 5.31. The van der Waals surface area contributed by atoms with E-state index in [1.165, 1.54) is 42.5 Å². The molecule has 0 radical (unpaired) electrons. The summed E-state index contributed by atoms with van der Waals surface area (Å²) in [5.41, 5.74) is 0. The van der Waals surface area contributed by atoms with Gasteiger partial charge in [-0.05, 0) is 46.4 Å². The molecule has 136 valence electrons. The lowest BCUT2D eigenvalue weighted by atomic mass is 10.3. The molecule has 2 rings (SSSR count). The molecule has 0 aromatic carbocycles. The van der Waals surface area contributed by atoms with Crippen molar-refractivity contribution < 1.29 is 0 Å². The average molecular weight is 353 g/mol. The zero-order valence-electron chi connectivity index (χ0n) is 15.3. The van der Waals surface area contributed by atoms with E-state index in [0.29, 0.717) is 0 Å². The van der Waals surface area contributed by atoms with Crippen molar-refractivity contribution in [2.45, 2.75) is 26.2 Å². The van der Waals surface area contributed by atoms with Gasteiger partial charge in [0.25, 0.3) is 0 Å². The van der Waals surface area contributed by atoms with Gasteiger partial charge in [0.15, 0.2) is 5.96 Å². The van der Waals surface area contributed by atoms with Crippen LogP contribution in [0.25, 0.3) is 0 Å². The van der Waals surface area contributed by atoms with Crippen molar-refractivity contribution in [1.29, 1.82) is 0 Å². The molecule has 0 saturated carbocycles. The van der Waals surface area contributed by atoms with E-state index in [0.717, 1.165) is 38.4 Å². The highest BCUT2D eigenvalue weighted by atomic mass is 32.1. The Hall–Kier alpha value is -1.18. The van der Waals surface area contributed by atoms with Crippen LogP contribution in [0.5, 0.6) is 0 Å². The molecule has 7 heteroatoms. The number of nitrogens with one attached hydrogen (secondary N) is 2.